The zero-order chi connectivity index (χ0) is 5.86. The predicted molar refractivity (Wildman–Crippen MR) is 37.6 cm³/mol. The summed E-state index contributed by atoms with van der Waals surface area (Å²) in [6, 6.07) is 0. The van der Waals surface area contributed by atoms with Gasteiger partial charge in [0.2, 0.25) is 0 Å². The fourth-order valence-corrected chi connectivity index (χ4v) is 0.505. The van der Waals surface area contributed by atoms with Crippen molar-refractivity contribution in [2.24, 2.45) is 0 Å². The van der Waals surface area contributed by atoms with Gasteiger partial charge in [-0.25, -0.2) is 0 Å². The van der Waals surface area contributed by atoms with E-state index in [9.17, 15) is 0 Å². The molecule has 0 aliphatic heterocycles. The number of hydrogen-bond donors (Lipinski definition) is 0. The van der Waals surface area contributed by atoms with Crippen LogP contribution < -0.4 is 0 Å². The van der Waals surface area contributed by atoms with Crippen molar-refractivity contribution in [3.63, 3.8) is 0 Å². The average molecular weight is 134 g/mol. The Hall–Kier alpha value is -0.0200. The third kappa shape index (κ3) is 5.98. The van der Waals surface area contributed by atoms with Crippen molar-refractivity contribution in [2.75, 3.05) is 0 Å². The molecule has 3 heteroatoms. The molecular weight excluding hydrogens is 128 g/mol. The van der Waals surface area contributed by atoms with Crippen molar-refractivity contribution in [3.8, 4) is 0 Å². The van der Waals surface area contributed by atoms with Crippen LogP contribution in [0.4, 0.5) is 0 Å². The third-order valence-electron chi connectivity index (χ3n) is 0.287. The van der Waals surface area contributed by atoms with Crippen LogP contribution >= 0.6 is 24.4 Å². The molecule has 0 spiro atoms. The van der Waals surface area contributed by atoms with E-state index in [0.29, 0.717) is 10.1 Å². The van der Waals surface area contributed by atoms with Crippen LogP contribution in [-0.2, 0) is 4.74 Å². The molecule has 0 saturated carbocycles. The van der Waals surface area contributed by atoms with Crippen LogP contribution in [0.3, 0.4) is 0 Å². The lowest BCUT2D eigenvalue weighted by atomic mass is 10.8. The number of ether oxygens (including phenoxy) is 1. The summed E-state index contributed by atoms with van der Waals surface area (Å²) in [7, 11) is 0. The second kappa shape index (κ2) is 3.04. The van der Waals surface area contributed by atoms with E-state index >= 15 is 0 Å². The van der Waals surface area contributed by atoms with Gasteiger partial charge >= 0.3 is 0 Å². The van der Waals surface area contributed by atoms with E-state index in [2.05, 4.69) is 24.4 Å². The molecule has 0 atom stereocenters. The van der Waals surface area contributed by atoms with Gasteiger partial charge in [-0.3, -0.25) is 0 Å². The maximum Gasteiger partial charge on any atom is 0.165 e. The van der Waals surface area contributed by atoms with Crippen molar-refractivity contribution in [1.82, 2.24) is 0 Å². The molecule has 0 N–H and O–H groups in total. The molecule has 0 aromatic carbocycles. The lowest BCUT2D eigenvalue weighted by Crippen LogP contribution is -1.98. The van der Waals surface area contributed by atoms with Gasteiger partial charge < -0.3 is 4.74 Å². The second-order valence-electron chi connectivity index (χ2n) is 1.09. The third-order valence-corrected chi connectivity index (χ3v) is 0.454. The van der Waals surface area contributed by atoms with Gasteiger partial charge in [0.1, 0.15) is 0 Å². The minimum absolute atomic E-state index is 0.479. The highest BCUT2D eigenvalue weighted by molar-refractivity contribution is 7.81. The molecular formula is C4H6OS2. The highest BCUT2D eigenvalue weighted by atomic mass is 32.1. The molecule has 0 radical (unpaired) electrons. The standard InChI is InChI=1S/C4H6OS2/c1-3(6)5-4(2)7/h1-2H3. The molecule has 0 saturated heterocycles. The first-order chi connectivity index (χ1) is 3.13. The summed E-state index contributed by atoms with van der Waals surface area (Å²) in [5, 5.41) is 0.958. The van der Waals surface area contributed by atoms with E-state index in [-0.39, 0.29) is 0 Å². The number of hydrogen-bond acceptors (Lipinski definition) is 3. The summed E-state index contributed by atoms with van der Waals surface area (Å²) in [6.07, 6.45) is 0. The maximum atomic E-state index is 4.71. The summed E-state index contributed by atoms with van der Waals surface area (Å²) in [4.78, 5) is 0. The van der Waals surface area contributed by atoms with Gasteiger partial charge in [-0.15, -0.1) is 0 Å². The Labute approximate surface area is 53.7 Å². The molecule has 0 aromatic rings. The minimum Gasteiger partial charge on any atom is -0.444 e. The largest absolute Gasteiger partial charge is 0.444 e. The zero-order valence-corrected chi connectivity index (χ0v) is 5.86. The summed E-state index contributed by atoms with van der Waals surface area (Å²) < 4.78 is 4.71. The quantitative estimate of drug-likeness (QED) is 0.467. The Kier molecular flexibility index (Phi) is 3.04. The van der Waals surface area contributed by atoms with Crippen LogP contribution in [0.1, 0.15) is 13.8 Å². The molecule has 0 aromatic heterocycles. The molecule has 0 unspecified atom stereocenters. The SMILES string of the molecule is CC(=S)OC(C)=S. The van der Waals surface area contributed by atoms with Crippen molar-refractivity contribution < 1.29 is 4.74 Å². The van der Waals surface area contributed by atoms with Crippen LogP contribution in [0.5, 0.6) is 0 Å². The fourth-order valence-electron chi connectivity index (χ4n) is 0.202. The molecule has 7 heavy (non-hydrogen) atoms. The first-order valence-electron chi connectivity index (χ1n) is 1.82. The predicted octanol–water partition coefficient (Wildman–Crippen LogP) is 1.70. The smallest absolute Gasteiger partial charge is 0.165 e. The molecule has 0 heterocycles. The van der Waals surface area contributed by atoms with Crippen LogP contribution in [-0.4, -0.2) is 10.1 Å². The van der Waals surface area contributed by atoms with E-state index in [0.717, 1.165) is 0 Å². The Bertz CT molecular complexity index is 85.9. The second-order valence-corrected chi connectivity index (χ2v) is 2.24. The van der Waals surface area contributed by atoms with Gasteiger partial charge in [-0.1, -0.05) is 0 Å². The van der Waals surface area contributed by atoms with Crippen LogP contribution in [0.15, 0.2) is 0 Å². The van der Waals surface area contributed by atoms with E-state index in [4.69, 9.17) is 4.74 Å². The molecule has 0 rings (SSSR count). The van der Waals surface area contributed by atoms with E-state index < -0.39 is 0 Å². The van der Waals surface area contributed by atoms with Gasteiger partial charge in [-0.05, 0) is 24.4 Å². The van der Waals surface area contributed by atoms with E-state index in [1.54, 1.807) is 13.8 Å². The van der Waals surface area contributed by atoms with Gasteiger partial charge in [0.15, 0.2) is 10.1 Å². The van der Waals surface area contributed by atoms with Crippen LogP contribution in [0, 0.1) is 0 Å². The van der Waals surface area contributed by atoms with Gasteiger partial charge in [0.05, 0.1) is 0 Å². The maximum absolute atomic E-state index is 4.71. The van der Waals surface area contributed by atoms with Crippen molar-refractivity contribution in [2.45, 2.75) is 13.8 Å². The molecule has 1 nitrogen and oxygen atoms in total. The highest BCUT2D eigenvalue weighted by Crippen LogP contribution is 1.82. The summed E-state index contributed by atoms with van der Waals surface area (Å²) in [6.45, 7) is 3.37. The number of thiocarbonyl (C=S) groups is 2. The molecule has 0 aliphatic rings. The van der Waals surface area contributed by atoms with Gasteiger partial charge in [-0.2, -0.15) is 0 Å². The average Bonchev–Trinajstić information content (AvgIpc) is 1.27. The van der Waals surface area contributed by atoms with Crippen LogP contribution in [0.2, 0.25) is 0 Å². The topological polar surface area (TPSA) is 9.23 Å². The van der Waals surface area contributed by atoms with E-state index in [1.165, 1.54) is 0 Å². The van der Waals surface area contributed by atoms with Crippen molar-refractivity contribution in [1.29, 1.82) is 0 Å². The first-order valence-corrected chi connectivity index (χ1v) is 2.63. The molecule has 0 aliphatic carbocycles. The lowest BCUT2D eigenvalue weighted by Gasteiger charge is -1.94. The van der Waals surface area contributed by atoms with Crippen LogP contribution in [0.25, 0.3) is 0 Å². The molecule has 0 amide bonds. The minimum atomic E-state index is 0.479. The Morgan fingerprint density at radius 3 is 1.43 bits per heavy atom. The normalized spacial score (nSPS) is 7.71. The van der Waals surface area contributed by atoms with Crippen molar-refractivity contribution in [3.05, 3.63) is 0 Å². The van der Waals surface area contributed by atoms with Gasteiger partial charge in [0, 0.05) is 13.8 Å². The monoisotopic (exact) mass is 134 g/mol. The Morgan fingerprint density at radius 2 is 1.43 bits per heavy atom. The molecule has 0 bridgehead atoms. The van der Waals surface area contributed by atoms with E-state index in [1.807, 2.05) is 0 Å². The summed E-state index contributed by atoms with van der Waals surface area (Å²) in [5.74, 6) is 0. The molecule has 0 fully saturated rings. The summed E-state index contributed by atoms with van der Waals surface area (Å²) >= 11 is 9.12. The lowest BCUT2D eigenvalue weighted by molar-refractivity contribution is 0.567. The first kappa shape index (κ1) is 6.98. The van der Waals surface area contributed by atoms with Crippen molar-refractivity contribution >= 4 is 34.5 Å². The Morgan fingerprint density at radius 1 is 1.14 bits per heavy atom. The summed E-state index contributed by atoms with van der Waals surface area (Å²) in [5.41, 5.74) is 0. The zero-order valence-electron chi connectivity index (χ0n) is 4.22. The fraction of sp³-hybridized carbons (Fsp3) is 0.500. The number of rotatable bonds is 0. The highest BCUT2D eigenvalue weighted by Gasteiger charge is 1.85. The van der Waals surface area contributed by atoms with Gasteiger partial charge in [0.25, 0.3) is 0 Å². The molecule has 40 valence electrons. The Balaban J connectivity index is 3.32.